The molecule has 1 unspecified atom stereocenters. The molecule has 1 N–H and O–H groups in total. The van der Waals surface area contributed by atoms with Gasteiger partial charge in [-0.1, -0.05) is 0 Å². The number of fused-ring (bicyclic) bond motifs is 1. The molecule has 110 valence electrons. The minimum Gasteiger partial charge on any atom is -0.478 e. The van der Waals surface area contributed by atoms with Gasteiger partial charge in [-0.2, -0.15) is 0 Å². The van der Waals surface area contributed by atoms with Crippen LogP contribution in [-0.2, 0) is 9.84 Å². The lowest BCUT2D eigenvalue weighted by molar-refractivity contribution is 0.0600. The fraction of sp³-hybridized carbons (Fsp3) is 0.308. The van der Waals surface area contributed by atoms with Gasteiger partial charge in [-0.25, -0.2) is 13.2 Å². The van der Waals surface area contributed by atoms with Gasteiger partial charge < -0.3 is 5.11 Å². The van der Waals surface area contributed by atoms with Crippen LogP contribution in [0.2, 0.25) is 0 Å². The number of hydrogen-bond acceptors (Lipinski definition) is 5. The summed E-state index contributed by atoms with van der Waals surface area (Å²) in [5, 5.41) is 8.93. The first-order valence-electron chi connectivity index (χ1n) is 6.26. The third kappa shape index (κ3) is 2.11. The maximum absolute atomic E-state index is 12.3. The van der Waals surface area contributed by atoms with E-state index in [1.54, 1.807) is 0 Å². The van der Waals surface area contributed by atoms with E-state index in [1.807, 2.05) is 0 Å². The minimum atomic E-state index is -3.23. The molecule has 1 saturated heterocycles. The normalized spacial score (nSPS) is 23.4. The van der Waals surface area contributed by atoms with Crippen molar-refractivity contribution in [2.24, 2.45) is 0 Å². The predicted molar refractivity (Wildman–Crippen MR) is 71.0 cm³/mol. The van der Waals surface area contributed by atoms with Crippen LogP contribution in [0.15, 0.2) is 18.2 Å². The Morgan fingerprint density at radius 2 is 1.86 bits per heavy atom. The van der Waals surface area contributed by atoms with Gasteiger partial charge in [0.25, 0.3) is 11.8 Å². The van der Waals surface area contributed by atoms with Gasteiger partial charge in [-0.05, 0) is 24.6 Å². The Labute approximate surface area is 120 Å². The number of sulfone groups is 1. The lowest BCUT2D eigenvalue weighted by Crippen LogP contribution is -2.40. The number of hydrogen-bond donors (Lipinski definition) is 1. The molecule has 0 saturated carbocycles. The van der Waals surface area contributed by atoms with Gasteiger partial charge in [0.05, 0.1) is 34.2 Å². The molecule has 2 aliphatic rings. The lowest BCUT2D eigenvalue weighted by Gasteiger charge is -2.20. The largest absolute Gasteiger partial charge is 0.478 e. The molecular weight excluding hydrogens is 298 g/mol. The van der Waals surface area contributed by atoms with E-state index in [2.05, 4.69) is 0 Å². The summed E-state index contributed by atoms with van der Waals surface area (Å²) in [6.45, 7) is 0. The SMILES string of the molecule is O=C(O)c1ccc2c(c1)C(=O)N(C1CCS(=O)(=O)C1)C2=O. The number of imide groups is 1. The Balaban J connectivity index is 1.99. The van der Waals surface area contributed by atoms with Crippen LogP contribution in [0.3, 0.4) is 0 Å². The van der Waals surface area contributed by atoms with Gasteiger partial charge in [-0.15, -0.1) is 0 Å². The van der Waals surface area contributed by atoms with Crippen molar-refractivity contribution in [3.8, 4) is 0 Å². The second-order valence-corrected chi connectivity index (χ2v) is 7.33. The van der Waals surface area contributed by atoms with Gasteiger partial charge in [0.2, 0.25) is 0 Å². The molecule has 0 aliphatic carbocycles. The molecule has 3 rings (SSSR count). The van der Waals surface area contributed by atoms with E-state index in [0.717, 1.165) is 11.0 Å². The molecule has 2 amide bonds. The Bertz CT molecular complexity index is 782. The molecule has 2 aliphatic heterocycles. The summed E-state index contributed by atoms with van der Waals surface area (Å²) >= 11 is 0. The average molecular weight is 309 g/mol. The highest BCUT2D eigenvalue weighted by atomic mass is 32.2. The van der Waals surface area contributed by atoms with E-state index in [1.165, 1.54) is 12.1 Å². The molecule has 1 fully saturated rings. The number of rotatable bonds is 2. The third-order valence-electron chi connectivity index (χ3n) is 3.74. The molecule has 0 bridgehead atoms. The maximum atomic E-state index is 12.3. The molecular formula is C13H11NO6S. The fourth-order valence-corrected chi connectivity index (χ4v) is 4.40. The van der Waals surface area contributed by atoms with Crippen LogP contribution >= 0.6 is 0 Å². The zero-order valence-electron chi connectivity index (χ0n) is 10.8. The highest BCUT2D eigenvalue weighted by Gasteiger charge is 2.44. The van der Waals surface area contributed by atoms with Crippen molar-refractivity contribution in [1.29, 1.82) is 0 Å². The summed E-state index contributed by atoms with van der Waals surface area (Å²) < 4.78 is 23.0. The van der Waals surface area contributed by atoms with Crippen LogP contribution in [0.5, 0.6) is 0 Å². The highest BCUT2D eigenvalue weighted by molar-refractivity contribution is 7.91. The number of amides is 2. The van der Waals surface area contributed by atoms with Crippen LogP contribution in [0.4, 0.5) is 0 Å². The Kier molecular flexibility index (Phi) is 2.87. The van der Waals surface area contributed by atoms with Crippen molar-refractivity contribution in [2.45, 2.75) is 12.5 Å². The number of nitrogens with zero attached hydrogens (tertiary/aromatic N) is 1. The van der Waals surface area contributed by atoms with Gasteiger partial charge in [-0.3, -0.25) is 14.5 Å². The number of benzene rings is 1. The second kappa shape index (κ2) is 4.39. The van der Waals surface area contributed by atoms with E-state index in [-0.39, 0.29) is 34.6 Å². The first-order chi connectivity index (χ1) is 9.80. The van der Waals surface area contributed by atoms with Crippen LogP contribution in [-0.4, -0.2) is 53.8 Å². The highest BCUT2D eigenvalue weighted by Crippen LogP contribution is 2.29. The molecule has 0 radical (unpaired) electrons. The van der Waals surface area contributed by atoms with Crippen LogP contribution in [0, 0.1) is 0 Å². The second-order valence-electron chi connectivity index (χ2n) is 5.10. The fourth-order valence-electron chi connectivity index (χ4n) is 2.70. The molecule has 7 nitrogen and oxygen atoms in total. The van der Waals surface area contributed by atoms with Crippen molar-refractivity contribution < 1.29 is 27.9 Å². The number of aromatic carboxylic acids is 1. The van der Waals surface area contributed by atoms with Gasteiger partial charge in [0.15, 0.2) is 9.84 Å². The minimum absolute atomic E-state index is 0.0178. The lowest BCUT2D eigenvalue weighted by atomic mass is 10.1. The first kappa shape index (κ1) is 13.7. The van der Waals surface area contributed by atoms with Crippen LogP contribution < -0.4 is 0 Å². The van der Waals surface area contributed by atoms with E-state index in [0.29, 0.717) is 0 Å². The molecule has 21 heavy (non-hydrogen) atoms. The van der Waals surface area contributed by atoms with E-state index >= 15 is 0 Å². The van der Waals surface area contributed by atoms with Crippen molar-refractivity contribution in [3.05, 3.63) is 34.9 Å². The topological polar surface area (TPSA) is 109 Å². The summed E-state index contributed by atoms with van der Waals surface area (Å²) in [6.07, 6.45) is 0.222. The van der Waals surface area contributed by atoms with Gasteiger partial charge in [0, 0.05) is 0 Å². The quantitative estimate of drug-likeness (QED) is 0.780. The van der Waals surface area contributed by atoms with Crippen molar-refractivity contribution >= 4 is 27.6 Å². The molecule has 1 atom stereocenters. The maximum Gasteiger partial charge on any atom is 0.335 e. The summed E-state index contributed by atoms with van der Waals surface area (Å²) in [4.78, 5) is 36.4. The van der Waals surface area contributed by atoms with Crippen LogP contribution in [0.1, 0.15) is 37.5 Å². The smallest absolute Gasteiger partial charge is 0.335 e. The van der Waals surface area contributed by atoms with E-state index in [9.17, 15) is 22.8 Å². The molecule has 1 aromatic rings. The standard InChI is InChI=1S/C13H11NO6S/c15-11-9-2-1-7(13(17)18)5-10(9)12(16)14(11)8-3-4-21(19,20)6-8/h1-2,5,8H,3-4,6H2,(H,17,18). The summed E-state index contributed by atoms with van der Waals surface area (Å²) in [6, 6.07) is 3.03. The summed E-state index contributed by atoms with van der Waals surface area (Å²) in [5.74, 6) is -2.66. The molecule has 8 heteroatoms. The van der Waals surface area contributed by atoms with Gasteiger partial charge >= 0.3 is 5.97 Å². The van der Waals surface area contributed by atoms with Crippen molar-refractivity contribution in [2.75, 3.05) is 11.5 Å². The van der Waals surface area contributed by atoms with Crippen molar-refractivity contribution in [1.82, 2.24) is 4.90 Å². The average Bonchev–Trinajstić information content (AvgIpc) is 2.88. The van der Waals surface area contributed by atoms with E-state index in [4.69, 9.17) is 5.11 Å². The zero-order valence-corrected chi connectivity index (χ0v) is 11.6. The van der Waals surface area contributed by atoms with Crippen molar-refractivity contribution in [3.63, 3.8) is 0 Å². The number of carbonyl (C=O) groups is 3. The third-order valence-corrected chi connectivity index (χ3v) is 5.49. The Morgan fingerprint density at radius 1 is 1.19 bits per heavy atom. The summed E-state index contributed by atoms with van der Waals surface area (Å²) in [7, 11) is -3.23. The summed E-state index contributed by atoms with van der Waals surface area (Å²) in [5.41, 5.74) is 0.0503. The Morgan fingerprint density at radius 3 is 2.43 bits per heavy atom. The number of carbonyl (C=O) groups excluding carboxylic acids is 2. The van der Waals surface area contributed by atoms with Crippen LogP contribution in [0.25, 0.3) is 0 Å². The zero-order chi connectivity index (χ0) is 15.4. The van der Waals surface area contributed by atoms with Gasteiger partial charge in [0.1, 0.15) is 0 Å². The monoisotopic (exact) mass is 309 g/mol. The van der Waals surface area contributed by atoms with E-state index < -0.39 is 33.7 Å². The Hall–Kier alpha value is -2.22. The molecule has 1 aromatic carbocycles. The number of carboxylic acid groups (broad SMARTS) is 1. The predicted octanol–water partition coefficient (Wildman–Crippen LogP) is 0.168. The molecule has 2 heterocycles. The molecule has 0 aromatic heterocycles. The first-order valence-corrected chi connectivity index (χ1v) is 8.08. The molecule has 0 spiro atoms. The number of carboxylic acids is 1.